The fourth-order valence-corrected chi connectivity index (χ4v) is 4.13. The monoisotopic (exact) mass is 312 g/mol. The van der Waals surface area contributed by atoms with Crippen molar-refractivity contribution in [2.75, 3.05) is 51.6 Å². The zero-order valence-electron chi connectivity index (χ0n) is 9.82. The average molecular weight is 313 g/mol. The van der Waals surface area contributed by atoms with Crippen LogP contribution >= 0.6 is 27.7 Å². The van der Waals surface area contributed by atoms with E-state index < -0.39 is 0 Å². The molecule has 1 heterocycles. The summed E-state index contributed by atoms with van der Waals surface area (Å²) in [6.45, 7) is 3.52. The highest BCUT2D eigenvalue weighted by molar-refractivity contribution is 9.09. The Hall–Kier alpha value is 0.710. The van der Waals surface area contributed by atoms with Crippen LogP contribution in [-0.2, 0) is 14.2 Å². The molecular formula is C11H21BrO3S. The molecule has 0 saturated carbocycles. The summed E-state index contributed by atoms with van der Waals surface area (Å²) in [7, 11) is 1.68. The second-order valence-electron chi connectivity index (χ2n) is 3.82. The average Bonchev–Trinajstić information content (AvgIpc) is 2.68. The van der Waals surface area contributed by atoms with Gasteiger partial charge in [-0.2, -0.15) is 11.8 Å². The molecule has 0 radical (unpaired) electrons. The van der Waals surface area contributed by atoms with E-state index in [2.05, 4.69) is 15.9 Å². The van der Waals surface area contributed by atoms with Gasteiger partial charge in [-0.3, -0.25) is 0 Å². The first kappa shape index (κ1) is 14.8. The minimum atomic E-state index is 0.655. The van der Waals surface area contributed by atoms with Crippen molar-refractivity contribution < 1.29 is 14.2 Å². The summed E-state index contributed by atoms with van der Waals surface area (Å²) in [4.78, 5) is 0.680. The Balaban J connectivity index is 1.81. The number of hydrogen-bond donors (Lipinski definition) is 0. The zero-order valence-corrected chi connectivity index (χ0v) is 12.2. The molecule has 1 rings (SSSR count). The first-order chi connectivity index (χ1) is 7.84. The van der Waals surface area contributed by atoms with Gasteiger partial charge >= 0.3 is 0 Å². The van der Waals surface area contributed by atoms with Crippen LogP contribution in [-0.4, -0.2) is 56.5 Å². The van der Waals surface area contributed by atoms with Crippen molar-refractivity contribution in [1.29, 1.82) is 0 Å². The summed E-state index contributed by atoms with van der Waals surface area (Å²) in [5.41, 5.74) is 0. The number of thioether (sulfide) groups is 1. The molecule has 0 aliphatic carbocycles. The van der Waals surface area contributed by atoms with Gasteiger partial charge in [-0.15, -0.1) is 0 Å². The molecule has 0 aromatic carbocycles. The van der Waals surface area contributed by atoms with E-state index in [-0.39, 0.29) is 0 Å². The molecule has 0 amide bonds. The van der Waals surface area contributed by atoms with Crippen molar-refractivity contribution in [1.82, 2.24) is 0 Å². The first-order valence-electron chi connectivity index (χ1n) is 5.71. The second-order valence-corrected chi connectivity index (χ2v) is 6.07. The van der Waals surface area contributed by atoms with Crippen molar-refractivity contribution >= 4 is 27.7 Å². The summed E-state index contributed by atoms with van der Waals surface area (Å²) in [6, 6.07) is 0. The van der Waals surface area contributed by atoms with Gasteiger partial charge in [0.1, 0.15) is 0 Å². The highest BCUT2D eigenvalue weighted by Gasteiger charge is 2.24. The molecule has 0 N–H and O–H groups in total. The maximum Gasteiger partial charge on any atom is 0.0701 e. The lowest BCUT2D eigenvalue weighted by atomic mass is 10.1. The number of hydrogen-bond acceptors (Lipinski definition) is 4. The van der Waals surface area contributed by atoms with Crippen LogP contribution in [0.4, 0.5) is 0 Å². The van der Waals surface area contributed by atoms with Crippen molar-refractivity contribution in [3.05, 3.63) is 0 Å². The van der Waals surface area contributed by atoms with Crippen LogP contribution < -0.4 is 0 Å². The lowest BCUT2D eigenvalue weighted by Gasteiger charge is -2.12. The third-order valence-corrected chi connectivity index (χ3v) is 5.32. The molecule has 0 bridgehead atoms. The lowest BCUT2D eigenvalue weighted by Crippen LogP contribution is -2.15. The van der Waals surface area contributed by atoms with E-state index in [1.54, 1.807) is 7.11 Å². The van der Waals surface area contributed by atoms with Crippen molar-refractivity contribution in [2.24, 2.45) is 5.92 Å². The third-order valence-electron chi connectivity index (χ3n) is 2.56. The van der Waals surface area contributed by atoms with Crippen LogP contribution in [0, 0.1) is 5.92 Å². The van der Waals surface area contributed by atoms with Crippen LogP contribution in [0.1, 0.15) is 6.42 Å². The number of halogens is 1. The molecular weight excluding hydrogens is 292 g/mol. The number of rotatable bonds is 9. The molecule has 5 heteroatoms. The predicted molar refractivity (Wildman–Crippen MR) is 71.7 cm³/mol. The van der Waals surface area contributed by atoms with Crippen LogP contribution in [0.2, 0.25) is 0 Å². The quantitative estimate of drug-likeness (QED) is 0.482. The van der Waals surface area contributed by atoms with Crippen LogP contribution in [0.25, 0.3) is 0 Å². The summed E-state index contributed by atoms with van der Waals surface area (Å²) >= 11 is 5.73. The van der Waals surface area contributed by atoms with Gasteiger partial charge in [-0.25, -0.2) is 0 Å². The van der Waals surface area contributed by atoms with Gasteiger partial charge in [0.2, 0.25) is 0 Å². The highest BCUT2D eigenvalue weighted by Crippen LogP contribution is 2.31. The maximum absolute atomic E-state index is 5.53. The zero-order chi connectivity index (χ0) is 11.6. The molecule has 96 valence electrons. The SMILES string of the molecule is COCCOCCOCCC1CSCC1Br. The Labute approximate surface area is 111 Å². The van der Waals surface area contributed by atoms with Crippen LogP contribution in [0.5, 0.6) is 0 Å². The molecule has 0 aromatic rings. The molecule has 2 unspecified atom stereocenters. The number of alkyl halides is 1. The molecule has 1 aliphatic rings. The highest BCUT2D eigenvalue weighted by atomic mass is 79.9. The van der Waals surface area contributed by atoms with Crippen LogP contribution in [0.15, 0.2) is 0 Å². The Morgan fingerprint density at radius 1 is 1.06 bits per heavy atom. The maximum atomic E-state index is 5.53. The fraction of sp³-hybridized carbons (Fsp3) is 1.00. The molecule has 2 atom stereocenters. The third kappa shape index (κ3) is 6.45. The predicted octanol–water partition coefficient (Wildman–Crippen LogP) is 2.18. The lowest BCUT2D eigenvalue weighted by molar-refractivity contribution is 0.0225. The fourth-order valence-electron chi connectivity index (χ4n) is 1.54. The van der Waals surface area contributed by atoms with Crippen molar-refractivity contribution in [2.45, 2.75) is 11.2 Å². The Morgan fingerprint density at radius 2 is 1.75 bits per heavy atom. The minimum absolute atomic E-state index is 0.655. The van der Waals surface area contributed by atoms with Crippen LogP contribution in [0.3, 0.4) is 0 Å². The molecule has 16 heavy (non-hydrogen) atoms. The van der Waals surface area contributed by atoms with Crippen molar-refractivity contribution in [3.63, 3.8) is 0 Å². The van der Waals surface area contributed by atoms with E-state index in [1.165, 1.54) is 11.5 Å². The standard InChI is InChI=1S/C11H21BrO3S/c1-13-4-5-15-7-6-14-3-2-10-8-16-9-11(10)12/h10-11H,2-9H2,1H3. The van der Waals surface area contributed by atoms with Gasteiger partial charge in [0.05, 0.1) is 26.4 Å². The first-order valence-corrected chi connectivity index (χ1v) is 7.78. The van der Waals surface area contributed by atoms with Gasteiger partial charge in [0, 0.05) is 24.3 Å². The second kappa shape index (κ2) is 9.71. The normalized spacial score (nSPS) is 25.1. The molecule has 1 fully saturated rings. The Morgan fingerprint density at radius 3 is 2.38 bits per heavy atom. The van der Waals surface area contributed by atoms with E-state index in [9.17, 15) is 0 Å². The molecule has 1 saturated heterocycles. The van der Waals surface area contributed by atoms with Gasteiger partial charge in [0.25, 0.3) is 0 Å². The Bertz CT molecular complexity index is 171. The molecule has 0 spiro atoms. The van der Waals surface area contributed by atoms with Gasteiger partial charge in [-0.05, 0) is 18.1 Å². The smallest absolute Gasteiger partial charge is 0.0701 e. The van der Waals surface area contributed by atoms with E-state index in [0.717, 1.165) is 18.9 Å². The molecule has 3 nitrogen and oxygen atoms in total. The number of ether oxygens (including phenoxy) is 3. The topological polar surface area (TPSA) is 27.7 Å². The minimum Gasteiger partial charge on any atom is -0.382 e. The van der Waals surface area contributed by atoms with E-state index >= 15 is 0 Å². The van der Waals surface area contributed by atoms with E-state index in [0.29, 0.717) is 31.3 Å². The summed E-state index contributed by atoms with van der Waals surface area (Å²) < 4.78 is 15.7. The van der Waals surface area contributed by atoms with Gasteiger partial charge in [-0.1, -0.05) is 15.9 Å². The summed E-state index contributed by atoms with van der Waals surface area (Å²) in [5.74, 6) is 3.29. The summed E-state index contributed by atoms with van der Waals surface area (Å²) in [6.07, 6.45) is 1.15. The van der Waals surface area contributed by atoms with Crippen molar-refractivity contribution in [3.8, 4) is 0 Å². The van der Waals surface area contributed by atoms with Gasteiger partial charge in [0.15, 0.2) is 0 Å². The molecule has 0 aromatic heterocycles. The summed E-state index contributed by atoms with van der Waals surface area (Å²) in [5, 5.41) is 0. The molecule has 1 aliphatic heterocycles. The van der Waals surface area contributed by atoms with Gasteiger partial charge < -0.3 is 14.2 Å². The Kier molecular flexibility index (Phi) is 8.96. The number of methoxy groups -OCH3 is 1. The largest absolute Gasteiger partial charge is 0.382 e. The van der Waals surface area contributed by atoms with E-state index in [1.807, 2.05) is 11.8 Å². The van der Waals surface area contributed by atoms with E-state index in [4.69, 9.17) is 14.2 Å².